The Balaban J connectivity index is 1.36. The molecule has 0 unspecified atom stereocenters. The lowest BCUT2D eigenvalue weighted by Crippen LogP contribution is -2.42. The highest BCUT2D eigenvalue weighted by molar-refractivity contribution is 5.81. The fraction of sp³-hybridized carbons (Fsp3) is 0.650. The number of benzene rings is 1. The van der Waals surface area contributed by atoms with Crippen LogP contribution >= 0.6 is 0 Å². The molecule has 0 N–H and O–H groups in total. The number of hydrogen-bond acceptors (Lipinski definition) is 4. The van der Waals surface area contributed by atoms with Gasteiger partial charge in [-0.25, -0.2) is 0 Å². The van der Waals surface area contributed by atoms with Crippen LogP contribution < -0.4 is 4.74 Å². The van der Waals surface area contributed by atoms with Crippen molar-refractivity contribution in [1.82, 2.24) is 9.80 Å². The second kappa shape index (κ2) is 7.34. The van der Waals surface area contributed by atoms with Crippen LogP contribution in [0.25, 0.3) is 0 Å². The van der Waals surface area contributed by atoms with E-state index in [0.29, 0.717) is 5.92 Å². The SMILES string of the molecule is COc1ccccc1CN1CC[C@@H]2C[C@@H](C(=O)N3CCCC3)O[C@@H]2C1. The van der Waals surface area contributed by atoms with E-state index >= 15 is 0 Å². The summed E-state index contributed by atoms with van der Waals surface area (Å²) in [6.45, 7) is 4.67. The molecule has 1 amide bonds. The molecule has 0 aliphatic carbocycles. The molecular formula is C20H28N2O3. The van der Waals surface area contributed by atoms with Crippen molar-refractivity contribution < 1.29 is 14.3 Å². The van der Waals surface area contributed by atoms with E-state index in [-0.39, 0.29) is 18.1 Å². The van der Waals surface area contributed by atoms with Crippen molar-refractivity contribution in [3.8, 4) is 5.75 Å². The van der Waals surface area contributed by atoms with Crippen LogP contribution in [0.1, 0.15) is 31.2 Å². The number of nitrogens with zero attached hydrogens (tertiary/aromatic N) is 2. The van der Waals surface area contributed by atoms with Crippen LogP contribution in [-0.2, 0) is 16.1 Å². The van der Waals surface area contributed by atoms with Crippen molar-refractivity contribution in [3.05, 3.63) is 29.8 Å². The van der Waals surface area contributed by atoms with Gasteiger partial charge in [-0.15, -0.1) is 0 Å². The molecule has 5 heteroatoms. The van der Waals surface area contributed by atoms with E-state index in [1.807, 2.05) is 17.0 Å². The third-order valence-electron chi connectivity index (χ3n) is 5.92. The van der Waals surface area contributed by atoms with Crippen molar-refractivity contribution in [1.29, 1.82) is 0 Å². The van der Waals surface area contributed by atoms with Crippen LogP contribution in [0.3, 0.4) is 0 Å². The lowest BCUT2D eigenvalue weighted by molar-refractivity contribution is -0.142. The highest BCUT2D eigenvalue weighted by Gasteiger charge is 2.43. The molecule has 3 aliphatic rings. The van der Waals surface area contributed by atoms with E-state index in [9.17, 15) is 4.79 Å². The zero-order valence-corrected chi connectivity index (χ0v) is 15.0. The molecule has 0 radical (unpaired) electrons. The first kappa shape index (κ1) is 16.9. The van der Waals surface area contributed by atoms with Gasteiger partial charge in [0, 0.05) is 31.7 Å². The van der Waals surface area contributed by atoms with Crippen molar-refractivity contribution in [3.63, 3.8) is 0 Å². The maximum atomic E-state index is 12.6. The van der Waals surface area contributed by atoms with Gasteiger partial charge in [-0.1, -0.05) is 18.2 Å². The van der Waals surface area contributed by atoms with Gasteiger partial charge in [0.1, 0.15) is 11.9 Å². The van der Waals surface area contributed by atoms with Crippen molar-refractivity contribution in [2.75, 3.05) is 33.3 Å². The van der Waals surface area contributed by atoms with Gasteiger partial charge in [0.25, 0.3) is 5.91 Å². The summed E-state index contributed by atoms with van der Waals surface area (Å²) in [5.41, 5.74) is 1.21. The van der Waals surface area contributed by atoms with Crippen LogP contribution in [0, 0.1) is 5.92 Å². The first-order valence-corrected chi connectivity index (χ1v) is 9.53. The van der Waals surface area contributed by atoms with Crippen LogP contribution in [0.4, 0.5) is 0 Å². The number of ether oxygens (including phenoxy) is 2. The molecule has 3 saturated heterocycles. The van der Waals surface area contributed by atoms with Crippen molar-refractivity contribution >= 4 is 5.91 Å². The number of piperidine rings is 1. The predicted octanol–water partition coefficient (Wildman–Crippen LogP) is 2.30. The number of likely N-dealkylation sites (tertiary alicyclic amines) is 2. The number of amides is 1. The van der Waals surface area contributed by atoms with E-state index < -0.39 is 0 Å². The standard InChI is InChI=1S/C20H28N2O3/c1-24-17-7-3-2-6-16(17)13-21-11-8-15-12-18(25-19(15)14-21)20(23)22-9-4-5-10-22/h2-3,6-7,15,18-19H,4-5,8-14H2,1H3/t15-,18+,19-/m1/s1. The highest BCUT2D eigenvalue weighted by atomic mass is 16.5. The summed E-state index contributed by atoms with van der Waals surface area (Å²) in [6.07, 6.45) is 4.28. The summed E-state index contributed by atoms with van der Waals surface area (Å²) in [4.78, 5) is 17.0. The zero-order chi connectivity index (χ0) is 17.2. The van der Waals surface area contributed by atoms with Crippen LogP contribution in [0.2, 0.25) is 0 Å². The molecule has 0 aromatic heterocycles. The Hall–Kier alpha value is -1.59. The summed E-state index contributed by atoms with van der Waals surface area (Å²) in [7, 11) is 1.72. The van der Waals surface area contributed by atoms with Crippen LogP contribution in [0.5, 0.6) is 5.75 Å². The topological polar surface area (TPSA) is 42.0 Å². The zero-order valence-electron chi connectivity index (χ0n) is 15.0. The van der Waals surface area contributed by atoms with Crippen LogP contribution in [0.15, 0.2) is 24.3 Å². The van der Waals surface area contributed by atoms with Gasteiger partial charge in [-0.3, -0.25) is 9.69 Å². The second-order valence-electron chi connectivity index (χ2n) is 7.53. The first-order chi connectivity index (χ1) is 12.2. The minimum absolute atomic E-state index is 0.194. The molecule has 25 heavy (non-hydrogen) atoms. The average molecular weight is 344 g/mol. The normalized spacial score (nSPS) is 29.6. The molecule has 3 atom stereocenters. The van der Waals surface area contributed by atoms with Gasteiger partial charge >= 0.3 is 0 Å². The molecule has 1 aromatic carbocycles. The maximum Gasteiger partial charge on any atom is 0.251 e. The number of carbonyl (C=O) groups is 1. The van der Waals surface area contributed by atoms with E-state index in [1.54, 1.807) is 7.11 Å². The average Bonchev–Trinajstić information content (AvgIpc) is 3.31. The van der Waals surface area contributed by atoms with E-state index in [4.69, 9.17) is 9.47 Å². The molecule has 5 nitrogen and oxygen atoms in total. The monoisotopic (exact) mass is 344 g/mol. The van der Waals surface area contributed by atoms with Gasteiger partial charge in [0.15, 0.2) is 0 Å². The maximum absolute atomic E-state index is 12.6. The Kier molecular flexibility index (Phi) is 4.95. The summed E-state index contributed by atoms with van der Waals surface area (Å²) in [5, 5.41) is 0. The smallest absolute Gasteiger partial charge is 0.251 e. The highest BCUT2D eigenvalue weighted by Crippen LogP contribution is 2.35. The predicted molar refractivity (Wildman–Crippen MR) is 95.5 cm³/mol. The molecule has 0 saturated carbocycles. The van der Waals surface area contributed by atoms with Crippen molar-refractivity contribution in [2.45, 2.75) is 44.4 Å². The third-order valence-corrected chi connectivity index (χ3v) is 5.92. The van der Waals surface area contributed by atoms with Crippen molar-refractivity contribution in [2.24, 2.45) is 5.92 Å². The fourth-order valence-corrected chi connectivity index (χ4v) is 4.51. The molecule has 136 valence electrons. The molecule has 0 spiro atoms. The van der Waals surface area contributed by atoms with Gasteiger partial charge in [0.05, 0.1) is 13.2 Å². The van der Waals surface area contributed by atoms with Gasteiger partial charge < -0.3 is 14.4 Å². The Bertz CT molecular complexity index is 615. The molecule has 3 fully saturated rings. The second-order valence-corrected chi connectivity index (χ2v) is 7.53. The Labute approximate surface area is 149 Å². The summed E-state index contributed by atoms with van der Waals surface area (Å²) >= 11 is 0. The van der Waals surface area contributed by atoms with Gasteiger partial charge in [0.2, 0.25) is 0 Å². The molecule has 0 bridgehead atoms. The number of carbonyl (C=O) groups excluding carboxylic acids is 1. The molecule has 1 aromatic rings. The minimum Gasteiger partial charge on any atom is -0.496 e. The van der Waals surface area contributed by atoms with Crippen LogP contribution in [-0.4, -0.2) is 61.2 Å². The summed E-state index contributed by atoms with van der Waals surface area (Å²) < 4.78 is 11.7. The Morgan fingerprint density at radius 3 is 2.84 bits per heavy atom. The molecule has 3 aliphatic heterocycles. The molecule has 4 rings (SSSR count). The Morgan fingerprint density at radius 1 is 1.24 bits per heavy atom. The van der Waals surface area contributed by atoms with E-state index in [1.165, 1.54) is 5.56 Å². The largest absolute Gasteiger partial charge is 0.496 e. The van der Waals surface area contributed by atoms with E-state index in [2.05, 4.69) is 17.0 Å². The third kappa shape index (κ3) is 3.53. The number of fused-ring (bicyclic) bond motifs is 1. The first-order valence-electron chi connectivity index (χ1n) is 9.53. The number of methoxy groups -OCH3 is 1. The number of rotatable bonds is 4. The number of hydrogen-bond donors (Lipinski definition) is 0. The summed E-state index contributed by atoms with van der Waals surface area (Å²) in [5.74, 6) is 1.70. The molecule has 3 heterocycles. The lowest BCUT2D eigenvalue weighted by Gasteiger charge is -2.34. The van der Waals surface area contributed by atoms with Gasteiger partial charge in [-0.05, 0) is 44.2 Å². The Morgan fingerprint density at radius 2 is 2.04 bits per heavy atom. The lowest BCUT2D eigenvalue weighted by atomic mass is 9.91. The quantitative estimate of drug-likeness (QED) is 0.840. The molecular weight excluding hydrogens is 316 g/mol. The van der Waals surface area contributed by atoms with Gasteiger partial charge in [-0.2, -0.15) is 0 Å². The number of para-hydroxylation sites is 1. The minimum atomic E-state index is -0.209. The fourth-order valence-electron chi connectivity index (χ4n) is 4.51. The summed E-state index contributed by atoms with van der Waals surface area (Å²) in [6, 6.07) is 8.20. The van der Waals surface area contributed by atoms with E-state index in [0.717, 1.165) is 64.2 Å².